The van der Waals surface area contributed by atoms with Gasteiger partial charge in [-0.15, -0.1) is 10.2 Å². The summed E-state index contributed by atoms with van der Waals surface area (Å²) in [6, 6.07) is 6.31. The Labute approximate surface area is 218 Å². The van der Waals surface area contributed by atoms with E-state index >= 15 is 0 Å². The summed E-state index contributed by atoms with van der Waals surface area (Å²) in [6.07, 6.45) is 8.57. The molecule has 1 unspecified atom stereocenters. The molecule has 0 amide bonds. The molecule has 0 aliphatic carbocycles. The molecular formula is C25H31N9O2S. The van der Waals surface area contributed by atoms with Crippen LogP contribution in [0.5, 0.6) is 0 Å². The van der Waals surface area contributed by atoms with Crippen molar-refractivity contribution >= 4 is 51.3 Å². The van der Waals surface area contributed by atoms with Gasteiger partial charge in [-0.25, -0.2) is 4.98 Å². The molecule has 37 heavy (non-hydrogen) atoms. The van der Waals surface area contributed by atoms with Crippen LogP contribution < -0.4 is 10.2 Å². The van der Waals surface area contributed by atoms with Gasteiger partial charge in [0.25, 0.3) is 0 Å². The van der Waals surface area contributed by atoms with E-state index in [1.165, 1.54) is 11.8 Å². The van der Waals surface area contributed by atoms with Crippen molar-refractivity contribution in [1.29, 1.82) is 0 Å². The van der Waals surface area contributed by atoms with E-state index in [0.29, 0.717) is 23.6 Å². The number of pyridine rings is 1. The Morgan fingerprint density at radius 1 is 1.05 bits per heavy atom. The van der Waals surface area contributed by atoms with E-state index in [4.69, 9.17) is 4.98 Å². The number of nitrogens with one attached hydrogen (secondary N) is 1. The Kier molecular flexibility index (Phi) is 6.35. The van der Waals surface area contributed by atoms with Crippen molar-refractivity contribution in [2.24, 2.45) is 0 Å². The van der Waals surface area contributed by atoms with Gasteiger partial charge in [-0.1, -0.05) is 11.8 Å². The van der Waals surface area contributed by atoms with Crippen LogP contribution in [-0.2, 0) is 0 Å². The van der Waals surface area contributed by atoms with Gasteiger partial charge < -0.3 is 29.9 Å². The Morgan fingerprint density at radius 2 is 1.89 bits per heavy atom. The number of hydrogen-bond acceptors (Lipinski definition) is 11. The average molecular weight is 522 g/mol. The zero-order valence-electron chi connectivity index (χ0n) is 20.9. The second-order valence-corrected chi connectivity index (χ2v) is 11.4. The van der Waals surface area contributed by atoms with Crippen molar-refractivity contribution in [2.45, 2.75) is 42.9 Å². The lowest BCUT2D eigenvalue weighted by Gasteiger charge is -2.35. The van der Waals surface area contributed by atoms with Crippen LogP contribution in [0.1, 0.15) is 31.7 Å². The Bertz CT molecular complexity index is 1400. The summed E-state index contributed by atoms with van der Waals surface area (Å²) >= 11 is 1.17. The zero-order chi connectivity index (χ0) is 25.6. The molecule has 1 atom stereocenters. The SMILES string of the molecule is CN(C)C1CCN(c2ccc(Nc3ncc4c5ccncc5n(C5CCSC(O)(O)C5)c4n3)nn2)CC1. The molecule has 3 N–H and O–H groups in total. The normalized spacial score (nSPS) is 20.7. The van der Waals surface area contributed by atoms with Gasteiger partial charge in [0, 0.05) is 60.5 Å². The summed E-state index contributed by atoms with van der Waals surface area (Å²) in [5.74, 6) is 2.49. The highest BCUT2D eigenvalue weighted by molar-refractivity contribution is 8.00. The zero-order valence-corrected chi connectivity index (χ0v) is 21.8. The molecule has 0 bridgehead atoms. The number of piperidine rings is 1. The maximum Gasteiger partial charge on any atom is 0.230 e. The van der Waals surface area contributed by atoms with Gasteiger partial charge in [-0.2, -0.15) is 4.98 Å². The van der Waals surface area contributed by atoms with E-state index in [9.17, 15) is 10.2 Å². The molecule has 11 nitrogen and oxygen atoms in total. The second kappa shape index (κ2) is 9.67. The molecule has 0 radical (unpaired) electrons. The molecule has 194 valence electrons. The summed E-state index contributed by atoms with van der Waals surface area (Å²) in [4.78, 5) is 18.2. The third kappa shape index (κ3) is 4.81. The van der Waals surface area contributed by atoms with Crippen LogP contribution in [0, 0.1) is 0 Å². The summed E-state index contributed by atoms with van der Waals surface area (Å²) in [5.41, 5.74) is 1.63. The van der Waals surface area contributed by atoms with E-state index in [1.807, 2.05) is 18.2 Å². The van der Waals surface area contributed by atoms with Gasteiger partial charge in [-0.3, -0.25) is 4.98 Å². The monoisotopic (exact) mass is 521 g/mol. The number of anilines is 3. The molecule has 2 aliphatic rings. The second-order valence-electron chi connectivity index (χ2n) is 10.0. The fourth-order valence-electron chi connectivity index (χ4n) is 5.43. The molecule has 0 saturated carbocycles. The minimum Gasteiger partial charge on any atom is -0.357 e. The Balaban J connectivity index is 1.26. The van der Waals surface area contributed by atoms with E-state index in [-0.39, 0.29) is 12.5 Å². The van der Waals surface area contributed by atoms with E-state index < -0.39 is 5.12 Å². The number of fused-ring (bicyclic) bond motifs is 3. The molecule has 0 aromatic carbocycles. The largest absolute Gasteiger partial charge is 0.357 e. The highest BCUT2D eigenvalue weighted by Gasteiger charge is 2.35. The van der Waals surface area contributed by atoms with Crippen molar-refractivity contribution in [1.82, 2.24) is 34.6 Å². The van der Waals surface area contributed by atoms with Gasteiger partial charge in [0.1, 0.15) is 5.65 Å². The van der Waals surface area contributed by atoms with Crippen molar-refractivity contribution in [3.8, 4) is 0 Å². The third-order valence-corrected chi connectivity index (χ3v) is 8.48. The standard InChI is InChI=1S/C25H31N9O2S/c1-32(2)16-6-10-33(11-7-16)22-4-3-21(30-31-22)28-24-27-14-19-18-5-9-26-15-20(18)34(23(19)29-24)17-8-12-37-25(35,36)13-17/h3-5,9,14-17,35-36H,6-8,10-13H2,1-2H3,(H,27,28,29,30). The first-order valence-corrected chi connectivity index (χ1v) is 13.6. The number of nitrogens with zero attached hydrogens (tertiary/aromatic N) is 8. The first kappa shape index (κ1) is 24.3. The first-order valence-electron chi connectivity index (χ1n) is 12.6. The summed E-state index contributed by atoms with van der Waals surface area (Å²) in [6.45, 7) is 1.93. The van der Waals surface area contributed by atoms with Crippen LogP contribution in [0.25, 0.3) is 21.9 Å². The average Bonchev–Trinajstić information content (AvgIpc) is 3.22. The molecular weight excluding hydrogens is 490 g/mol. The van der Waals surface area contributed by atoms with Crippen molar-refractivity contribution in [3.63, 3.8) is 0 Å². The number of thioether (sulfide) groups is 1. The topological polar surface area (TPSA) is 128 Å². The fraction of sp³-hybridized carbons (Fsp3) is 0.480. The van der Waals surface area contributed by atoms with E-state index in [1.54, 1.807) is 18.6 Å². The van der Waals surface area contributed by atoms with Crippen molar-refractivity contribution < 1.29 is 10.2 Å². The minimum absolute atomic E-state index is 0.126. The van der Waals surface area contributed by atoms with Gasteiger partial charge in [0.15, 0.2) is 11.6 Å². The van der Waals surface area contributed by atoms with Gasteiger partial charge >= 0.3 is 0 Å². The number of hydrogen-bond donors (Lipinski definition) is 3. The number of aliphatic hydroxyl groups is 2. The Morgan fingerprint density at radius 3 is 2.62 bits per heavy atom. The molecule has 4 aromatic rings. The molecule has 2 saturated heterocycles. The summed E-state index contributed by atoms with van der Waals surface area (Å²) in [7, 11) is 4.27. The van der Waals surface area contributed by atoms with Crippen LogP contribution in [-0.4, -0.2) is 88.9 Å². The van der Waals surface area contributed by atoms with E-state index in [0.717, 1.165) is 60.1 Å². The maximum absolute atomic E-state index is 10.3. The van der Waals surface area contributed by atoms with Gasteiger partial charge in [0.2, 0.25) is 11.1 Å². The van der Waals surface area contributed by atoms with Crippen LogP contribution in [0.15, 0.2) is 36.8 Å². The molecule has 2 fully saturated rings. The lowest BCUT2D eigenvalue weighted by molar-refractivity contribution is -0.0927. The third-order valence-electron chi connectivity index (χ3n) is 7.41. The first-order chi connectivity index (χ1) is 17.9. The van der Waals surface area contributed by atoms with Crippen LogP contribution in [0.2, 0.25) is 0 Å². The van der Waals surface area contributed by atoms with Crippen molar-refractivity contribution in [2.75, 3.05) is 43.2 Å². The van der Waals surface area contributed by atoms with Crippen molar-refractivity contribution in [3.05, 3.63) is 36.8 Å². The lowest BCUT2D eigenvalue weighted by atomic mass is 10.0. The minimum atomic E-state index is -1.76. The molecule has 2 aliphatic heterocycles. The molecule has 6 heterocycles. The lowest BCUT2D eigenvalue weighted by Crippen LogP contribution is -2.42. The van der Waals surface area contributed by atoms with Gasteiger partial charge in [-0.05, 0) is 51.6 Å². The summed E-state index contributed by atoms with van der Waals surface area (Å²) < 4.78 is 2.07. The number of aromatic nitrogens is 6. The smallest absolute Gasteiger partial charge is 0.230 e. The van der Waals surface area contributed by atoms with E-state index in [2.05, 4.69) is 53.9 Å². The molecule has 12 heteroatoms. The maximum atomic E-state index is 10.3. The molecule has 6 rings (SSSR count). The fourth-order valence-corrected chi connectivity index (χ4v) is 6.46. The van der Waals surface area contributed by atoms with Gasteiger partial charge in [0.05, 0.1) is 11.7 Å². The van der Waals surface area contributed by atoms with Crippen LogP contribution in [0.4, 0.5) is 17.6 Å². The highest BCUT2D eigenvalue weighted by Crippen LogP contribution is 2.41. The highest BCUT2D eigenvalue weighted by atomic mass is 32.2. The van der Waals surface area contributed by atoms with Crippen LogP contribution in [0.3, 0.4) is 0 Å². The van der Waals surface area contributed by atoms with Crippen LogP contribution >= 0.6 is 11.8 Å². The quantitative estimate of drug-likeness (QED) is 0.335. The summed E-state index contributed by atoms with van der Waals surface area (Å²) in [5, 5.41) is 32.8. The number of rotatable bonds is 5. The predicted molar refractivity (Wildman–Crippen MR) is 145 cm³/mol. The predicted octanol–water partition coefficient (Wildman–Crippen LogP) is 2.75. The Hall–Kier alpha value is -3.06. The molecule has 4 aromatic heterocycles. The molecule has 0 spiro atoms.